The van der Waals surface area contributed by atoms with Crippen LogP contribution in [0.5, 0.6) is 0 Å². The largest absolute Gasteiger partial charge is 0.392 e. The predicted octanol–water partition coefficient (Wildman–Crippen LogP) is 0.512. The Morgan fingerprint density at radius 2 is 2.45 bits per heavy atom. The first kappa shape index (κ1) is 15.7. The molecule has 8 heteroatoms. The highest BCUT2D eigenvalue weighted by atomic mass is 32.2. The first-order valence-corrected chi connectivity index (χ1v) is 8.53. The number of nitrogens with zero attached hydrogens (tertiary/aromatic N) is 3. The monoisotopic (exact) mass is 316 g/mol. The van der Waals surface area contributed by atoms with Crippen LogP contribution in [0.4, 0.5) is 0 Å². The Labute approximate surface area is 127 Å². The summed E-state index contributed by atoms with van der Waals surface area (Å²) >= 11 is 3.17. The Bertz CT molecular complexity index is 441. The van der Waals surface area contributed by atoms with E-state index in [1.807, 2.05) is 11.8 Å². The van der Waals surface area contributed by atoms with Crippen LogP contribution in [0.15, 0.2) is 4.34 Å². The van der Waals surface area contributed by atoms with Gasteiger partial charge in [0.15, 0.2) is 4.34 Å². The molecule has 1 aromatic heterocycles. The zero-order valence-electron chi connectivity index (χ0n) is 11.5. The fraction of sp³-hybridized carbons (Fsp3) is 0.750. The molecule has 1 unspecified atom stereocenters. The highest BCUT2D eigenvalue weighted by molar-refractivity contribution is 8.01. The normalized spacial score (nSPS) is 20.0. The van der Waals surface area contributed by atoms with Gasteiger partial charge in [0.25, 0.3) is 0 Å². The number of β-amino-alcohol motifs (C(OH)–C–C–N with tert-alkyl or cyclic N) is 1. The number of piperidine rings is 1. The molecule has 2 N–H and O–H groups in total. The molecule has 1 saturated heterocycles. The quantitative estimate of drug-likeness (QED) is 0.588. The van der Waals surface area contributed by atoms with E-state index in [1.165, 1.54) is 0 Å². The summed E-state index contributed by atoms with van der Waals surface area (Å²) in [5.74, 6) is 0.816. The third kappa shape index (κ3) is 5.35. The first-order chi connectivity index (χ1) is 9.63. The highest BCUT2D eigenvalue weighted by Crippen LogP contribution is 2.20. The van der Waals surface area contributed by atoms with Gasteiger partial charge >= 0.3 is 0 Å². The number of thioether (sulfide) groups is 1. The fourth-order valence-electron chi connectivity index (χ4n) is 2.10. The van der Waals surface area contributed by atoms with E-state index in [1.54, 1.807) is 23.1 Å². The van der Waals surface area contributed by atoms with Crippen molar-refractivity contribution in [2.75, 3.05) is 31.9 Å². The van der Waals surface area contributed by atoms with Gasteiger partial charge in [0, 0.05) is 18.8 Å². The molecule has 0 bridgehead atoms. The van der Waals surface area contributed by atoms with Gasteiger partial charge in [-0.05, 0) is 26.3 Å². The predicted molar refractivity (Wildman–Crippen MR) is 80.1 cm³/mol. The van der Waals surface area contributed by atoms with E-state index in [-0.39, 0.29) is 12.0 Å². The van der Waals surface area contributed by atoms with E-state index in [0.717, 1.165) is 34.5 Å². The van der Waals surface area contributed by atoms with Crippen LogP contribution >= 0.6 is 23.1 Å². The summed E-state index contributed by atoms with van der Waals surface area (Å²) in [6, 6.07) is 0. The average Bonchev–Trinajstić information content (AvgIpc) is 2.80. The van der Waals surface area contributed by atoms with Crippen molar-refractivity contribution in [1.29, 1.82) is 0 Å². The number of aryl methyl sites for hydroxylation is 1. The van der Waals surface area contributed by atoms with Crippen molar-refractivity contribution in [3.63, 3.8) is 0 Å². The molecular weight excluding hydrogens is 296 g/mol. The van der Waals surface area contributed by atoms with Gasteiger partial charge in [-0.2, -0.15) is 0 Å². The van der Waals surface area contributed by atoms with Gasteiger partial charge in [-0.25, -0.2) is 0 Å². The van der Waals surface area contributed by atoms with Crippen molar-refractivity contribution < 1.29 is 9.90 Å². The van der Waals surface area contributed by atoms with Crippen molar-refractivity contribution in [2.24, 2.45) is 0 Å². The summed E-state index contributed by atoms with van der Waals surface area (Å²) in [5, 5.41) is 21.4. The van der Waals surface area contributed by atoms with Gasteiger partial charge < -0.3 is 10.4 Å². The lowest BCUT2D eigenvalue weighted by molar-refractivity contribution is -0.122. The Morgan fingerprint density at radius 3 is 3.15 bits per heavy atom. The van der Waals surface area contributed by atoms with E-state index < -0.39 is 0 Å². The minimum atomic E-state index is -0.284. The Balaban J connectivity index is 1.58. The summed E-state index contributed by atoms with van der Waals surface area (Å²) in [6.45, 7) is 4.42. The Kier molecular flexibility index (Phi) is 6.21. The number of carbonyl (C=O) groups is 1. The lowest BCUT2D eigenvalue weighted by Gasteiger charge is -2.29. The molecule has 1 fully saturated rings. The summed E-state index contributed by atoms with van der Waals surface area (Å²) in [7, 11) is 0. The van der Waals surface area contributed by atoms with Crippen molar-refractivity contribution in [3.8, 4) is 0 Å². The number of carbonyl (C=O) groups excluding carboxylic acids is 1. The van der Waals surface area contributed by atoms with Crippen LogP contribution in [0.25, 0.3) is 0 Å². The molecule has 1 atom stereocenters. The molecule has 0 saturated carbocycles. The summed E-state index contributed by atoms with van der Waals surface area (Å²) in [6.07, 6.45) is 1.52. The zero-order valence-corrected chi connectivity index (χ0v) is 13.2. The van der Waals surface area contributed by atoms with Gasteiger partial charge in [0.05, 0.1) is 12.6 Å². The highest BCUT2D eigenvalue weighted by Gasteiger charge is 2.19. The average molecular weight is 316 g/mol. The number of aromatic nitrogens is 2. The lowest BCUT2D eigenvalue weighted by atomic mass is 10.1. The molecule has 1 aliphatic rings. The zero-order chi connectivity index (χ0) is 14.4. The van der Waals surface area contributed by atoms with Gasteiger partial charge in [-0.1, -0.05) is 23.1 Å². The maximum Gasteiger partial charge on any atom is 0.234 e. The van der Waals surface area contributed by atoms with Crippen LogP contribution in [-0.2, 0) is 4.79 Å². The SMILES string of the molecule is Cc1nnc(SCCNC(=O)CN2CCCC(O)C2)s1. The molecule has 0 aliphatic carbocycles. The van der Waals surface area contributed by atoms with Crippen molar-refractivity contribution in [1.82, 2.24) is 20.4 Å². The Hall–Kier alpha value is -0.700. The molecular formula is C12H20N4O2S2. The van der Waals surface area contributed by atoms with Crippen LogP contribution in [0.2, 0.25) is 0 Å². The van der Waals surface area contributed by atoms with Crippen LogP contribution < -0.4 is 5.32 Å². The molecule has 0 aromatic carbocycles. The summed E-state index contributed by atoms with van der Waals surface area (Å²) < 4.78 is 0.941. The maximum atomic E-state index is 11.8. The van der Waals surface area contributed by atoms with Gasteiger partial charge in [-0.3, -0.25) is 9.69 Å². The van der Waals surface area contributed by atoms with E-state index in [4.69, 9.17) is 0 Å². The Morgan fingerprint density at radius 1 is 1.60 bits per heavy atom. The maximum absolute atomic E-state index is 11.8. The standard InChI is InChI=1S/C12H20N4O2S2/c1-9-14-15-12(20-9)19-6-4-13-11(18)8-16-5-2-3-10(17)7-16/h10,17H,2-8H2,1H3,(H,13,18). The topological polar surface area (TPSA) is 78.4 Å². The number of rotatable bonds is 6. The first-order valence-electron chi connectivity index (χ1n) is 6.73. The number of aliphatic hydroxyl groups is 1. The second-order valence-electron chi connectivity index (χ2n) is 4.82. The summed E-state index contributed by atoms with van der Waals surface area (Å²) in [4.78, 5) is 13.8. The molecule has 1 aromatic rings. The third-order valence-corrected chi connectivity index (χ3v) is 4.98. The molecule has 2 heterocycles. The molecule has 0 radical (unpaired) electrons. The van der Waals surface area contributed by atoms with E-state index in [2.05, 4.69) is 15.5 Å². The number of likely N-dealkylation sites (tertiary alicyclic amines) is 1. The molecule has 0 spiro atoms. The number of amides is 1. The van der Waals surface area contributed by atoms with Crippen molar-refractivity contribution >= 4 is 29.0 Å². The molecule has 1 amide bonds. The van der Waals surface area contributed by atoms with Gasteiger partial charge in [0.2, 0.25) is 5.91 Å². The van der Waals surface area contributed by atoms with Crippen LogP contribution in [-0.4, -0.2) is 64.1 Å². The fourth-order valence-corrected chi connectivity index (χ4v) is 3.84. The van der Waals surface area contributed by atoms with Crippen LogP contribution in [0.3, 0.4) is 0 Å². The number of hydrogen-bond acceptors (Lipinski definition) is 7. The minimum absolute atomic E-state index is 0.0214. The molecule has 1 aliphatic heterocycles. The smallest absolute Gasteiger partial charge is 0.234 e. The second kappa shape index (κ2) is 7.92. The summed E-state index contributed by atoms with van der Waals surface area (Å²) in [5.41, 5.74) is 0. The lowest BCUT2D eigenvalue weighted by Crippen LogP contribution is -2.44. The van der Waals surface area contributed by atoms with E-state index in [0.29, 0.717) is 19.6 Å². The van der Waals surface area contributed by atoms with E-state index >= 15 is 0 Å². The van der Waals surface area contributed by atoms with Gasteiger partial charge in [0.1, 0.15) is 5.01 Å². The molecule has 2 rings (SSSR count). The number of nitrogens with one attached hydrogen (secondary N) is 1. The third-order valence-electron chi connectivity index (χ3n) is 3.01. The van der Waals surface area contributed by atoms with Crippen LogP contribution in [0, 0.1) is 6.92 Å². The van der Waals surface area contributed by atoms with Crippen molar-refractivity contribution in [2.45, 2.75) is 30.2 Å². The molecule has 20 heavy (non-hydrogen) atoms. The second-order valence-corrected chi connectivity index (χ2v) is 7.34. The van der Waals surface area contributed by atoms with Gasteiger partial charge in [-0.15, -0.1) is 10.2 Å². The van der Waals surface area contributed by atoms with Crippen LogP contribution in [0.1, 0.15) is 17.8 Å². The number of hydrogen-bond donors (Lipinski definition) is 2. The van der Waals surface area contributed by atoms with E-state index in [9.17, 15) is 9.90 Å². The minimum Gasteiger partial charge on any atom is -0.392 e. The molecule has 6 nitrogen and oxygen atoms in total. The van der Waals surface area contributed by atoms with Crippen molar-refractivity contribution in [3.05, 3.63) is 5.01 Å². The molecule has 112 valence electrons. The number of aliphatic hydroxyl groups excluding tert-OH is 1.